The molecule has 2 heterocycles. The van der Waals surface area contributed by atoms with Crippen LogP contribution < -0.4 is 15.4 Å². The van der Waals surface area contributed by atoms with E-state index >= 15 is 0 Å². The third-order valence-electron chi connectivity index (χ3n) is 6.15. The van der Waals surface area contributed by atoms with E-state index in [0.717, 1.165) is 25.0 Å². The van der Waals surface area contributed by atoms with Gasteiger partial charge in [0.15, 0.2) is 10.9 Å². The molecule has 1 aliphatic heterocycles. The lowest BCUT2D eigenvalue weighted by atomic mass is 9.60. The molecule has 1 aromatic heterocycles. The van der Waals surface area contributed by atoms with E-state index in [0.29, 0.717) is 22.9 Å². The number of nitrogens with one attached hydrogen (secondary N) is 2. The average molecular weight is 383 g/mol. The van der Waals surface area contributed by atoms with Crippen LogP contribution in [0.3, 0.4) is 0 Å². The van der Waals surface area contributed by atoms with Gasteiger partial charge in [-0.25, -0.2) is 4.98 Å². The normalized spacial score (nSPS) is 31.1. The van der Waals surface area contributed by atoms with Crippen molar-refractivity contribution < 1.29 is 14.3 Å². The Morgan fingerprint density at radius 1 is 1.37 bits per heavy atom. The molecular weight excluding hydrogens is 362 g/mol. The Hall–Kier alpha value is -2.41. The largest absolute Gasteiger partial charge is 0.467 e. The number of amides is 2. The van der Waals surface area contributed by atoms with Gasteiger partial charge in [-0.15, -0.1) is 11.3 Å². The minimum atomic E-state index is -0.678. The molecule has 140 valence electrons. The van der Waals surface area contributed by atoms with Gasteiger partial charge in [-0.3, -0.25) is 9.59 Å². The summed E-state index contributed by atoms with van der Waals surface area (Å²) in [6.07, 6.45) is 3.35. The first-order valence-electron chi connectivity index (χ1n) is 9.38. The van der Waals surface area contributed by atoms with Crippen molar-refractivity contribution in [1.29, 1.82) is 0 Å². The first-order chi connectivity index (χ1) is 13.0. The van der Waals surface area contributed by atoms with Crippen LogP contribution in [0.5, 0.6) is 5.75 Å². The molecule has 3 aliphatic carbocycles. The number of thiazole rings is 1. The molecule has 0 radical (unpaired) electrons. The highest BCUT2D eigenvalue weighted by atomic mass is 32.1. The summed E-state index contributed by atoms with van der Waals surface area (Å²) in [5.74, 6) is 0.875. The summed E-state index contributed by atoms with van der Waals surface area (Å²) in [6.45, 7) is 1.92. The van der Waals surface area contributed by atoms with Crippen molar-refractivity contribution in [2.75, 3.05) is 5.32 Å². The smallest absolute Gasteiger partial charge is 0.258 e. The summed E-state index contributed by atoms with van der Waals surface area (Å²) >= 11 is 1.45. The number of rotatable bonds is 2. The lowest BCUT2D eigenvalue weighted by Crippen LogP contribution is -2.66. The number of carbonyl (C=O) groups is 2. The van der Waals surface area contributed by atoms with Crippen LogP contribution in [0, 0.1) is 24.7 Å². The van der Waals surface area contributed by atoms with Crippen LogP contribution in [0.2, 0.25) is 0 Å². The third-order valence-corrected chi connectivity index (χ3v) is 7.03. The molecule has 27 heavy (non-hydrogen) atoms. The fourth-order valence-corrected chi connectivity index (χ4v) is 5.58. The lowest BCUT2D eigenvalue weighted by molar-refractivity contribution is -0.142. The second kappa shape index (κ2) is 6.05. The van der Waals surface area contributed by atoms with E-state index in [1.807, 2.05) is 30.5 Å². The average Bonchev–Trinajstić information content (AvgIpc) is 3.06. The molecule has 6 nitrogen and oxygen atoms in total. The molecule has 4 aliphatic rings. The number of ether oxygens (including phenoxy) is 1. The number of fused-ring (bicyclic) bond motifs is 3. The van der Waals surface area contributed by atoms with Gasteiger partial charge in [0, 0.05) is 23.6 Å². The zero-order valence-electron chi connectivity index (χ0n) is 15.0. The topological polar surface area (TPSA) is 80.3 Å². The number of nitrogens with zero attached hydrogens (tertiary/aromatic N) is 1. The molecule has 0 saturated heterocycles. The molecule has 2 aromatic rings. The number of carbonyl (C=O) groups excluding carboxylic acids is 2. The number of hydrogen-bond acceptors (Lipinski definition) is 5. The molecule has 1 aromatic carbocycles. The molecule has 1 spiro atoms. The maximum atomic E-state index is 12.8. The number of benzene rings is 1. The third kappa shape index (κ3) is 2.72. The fourth-order valence-electron chi connectivity index (χ4n) is 4.89. The molecule has 0 unspecified atom stereocenters. The molecule has 4 atom stereocenters. The Kier molecular flexibility index (Phi) is 3.75. The van der Waals surface area contributed by atoms with Gasteiger partial charge in [0.1, 0.15) is 5.75 Å². The van der Waals surface area contributed by atoms with Crippen molar-refractivity contribution in [3.05, 3.63) is 40.9 Å². The van der Waals surface area contributed by atoms with Crippen molar-refractivity contribution in [1.82, 2.24) is 10.3 Å². The second-order valence-electron chi connectivity index (χ2n) is 7.81. The molecule has 2 amide bonds. The molecular formula is C20H21N3O3S. The zero-order chi connectivity index (χ0) is 18.6. The Morgan fingerprint density at radius 3 is 2.96 bits per heavy atom. The fraction of sp³-hybridized carbons (Fsp3) is 0.450. The van der Waals surface area contributed by atoms with Crippen molar-refractivity contribution in [2.24, 2.45) is 17.8 Å². The van der Waals surface area contributed by atoms with E-state index in [-0.39, 0.29) is 29.6 Å². The Balaban J connectivity index is 1.36. The van der Waals surface area contributed by atoms with Gasteiger partial charge in [0.25, 0.3) is 5.91 Å². The van der Waals surface area contributed by atoms with Crippen LogP contribution >= 0.6 is 11.3 Å². The van der Waals surface area contributed by atoms with E-state index in [1.54, 1.807) is 6.07 Å². The van der Waals surface area contributed by atoms with Crippen molar-refractivity contribution in [3.8, 4) is 5.75 Å². The summed E-state index contributed by atoms with van der Waals surface area (Å²) in [7, 11) is 0. The minimum Gasteiger partial charge on any atom is -0.467 e. The quantitative estimate of drug-likeness (QED) is 0.833. The van der Waals surface area contributed by atoms with E-state index in [1.165, 1.54) is 11.3 Å². The lowest BCUT2D eigenvalue weighted by Gasteiger charge is -2.55. The summed E-state index contributed by atoms with van der Waals surface area (Å²) in [6, 6.07) is 7.37. The number of anilines is 1. The Labute approximate surface area is 161 Å². The zero-order valence-corrected chi connectivity index (χ0v) is 15.8. The highest BCUT2D eigenvalue weighted by Crippen LogP contribution is 2.52. The number of para-hydroxylation sites is 1. The van der Waals surface area contributed by atoms with Gasteiger partial charge in [-0.2, -0.15) is 0 Å². The molecule has 6 rings (SSSR count). The Morgan fingerprint density at radius 2 is 2.22 bits per heavy atom. The summed E-state index contributed by atoms with van der Waals surface area (Å²) in [5, 5.41) is 8.69. The molecule has 3 fully saturated rings. The predicted molar refractivity (Wildman–Crippen MR) is 102 cm³/mol. The summed E-state index contributed by atoms with van der Waals surface area (Å²) < 4.78 is 6.34. The predicted octanol–water partition coefficient (Wildman–Crippen LogP) is 3.34. The molecule has 3 saturated carbocycles. The van der Waals surface area contributed by atoms with Gasteiger partial charge in [-0.1, -0.05) is 12.1 Å². The first kappa shape index (κ1) is 16.7. The van der Waals surface area contributed by atoms with Crippen LogP contribution in [0.1, 0.15) is 41.7 Å². The van der Waals surface area contributed by atoms with Crippen LogP contribution in [0.25, 0.3) is 0 Å². The number of aromatic nitrogens is 1. The highest BCUT2D eigenvalue weighted by molar-refractivity contribution is 7.13. The first-order valence-corrected chi connectivity index (χ1v) is 10.3. The maximum Gasteiger partial charge on any atom is 0.258 e. The van der Waals surface area contributed by atoms with Gasteiger partial charge in [0.2, 0.25) is 5.91 Å². The summed E-state index contributed by atoms with van der Waals surface area (Å²) in [5.41, 5.74) is 0.817. The minimum absolute atomic E-state index is 0.0384. The van der Waals surface area contributed by atoms with E-state index in [4.69, 9.17) is 4.74 Å². The van der Waals surface area contributed by atoms with Gasteiger partial charge in [0.05, 0.1) is 11.3 Å². The van der Waals surface area contributed by atoms with Crippen LogP contribution in [0.4, 0.5) is 5.13 Å². The van der Waals surface area contributed by atoms with Gasteiger partial charge in [-0.05, 0) is 44.2 Å². The molecule has 2 bridgehead atoms. The van der Waals surface area contributed by atoms with E-state index < -0.39 is 5.72 Å². The number of hydrogen-bond donors (Lipinski definition) is 2. The maximum absolute atomic E-state index is 12.8. The monoisotopic (exact) mass is 383 g/mol. The molecule has 7 heteroatoms. The van der Waals surface area contributed by atoms with E-state index in [9.17, 15) is 9.59 Å². The highest BCUT2D eigenvalue weighted by Gasteiger charge is 2.57. The van der Waals surface area contributed by atoms with Gasteiger partial charge < -0.3 is 15.4 Å². The van der Waals surface area contributed by atoms with Crippen LogP contribution in [0.15, 0.2) is 29.6 Å². The summed E-state index contributed by atoms with van der Waals surface area (Å²) in [4.78, 5) is 29.8. The standard InChI is InChI=1S/C20H21N3O3S/c1-11-10-27-19(21-11)22-17(24)15-8-13-7-6-12(15)9-20(13)23-18(25)14-4-2-3-5-16(14)26-20/h2-5,10,12-13,15H,6-9H2,1H3,(H,23,25)(H,21,22,24)/t12-,13+,15-,20+/m0/s1. The molecule has 2 N–H and O–H groups in total. The van der Waals surface area contributed by atoms with Gasteiger partial charge >= 0.3 is 0 Å². The Bertz CT molecular complexity index is 927. The van der Waals surface area contributed by atoms with Crippen LogP contribution in [-0.4, -0.2) is 22.5 Å². The van der Waals surface area contributed by atoms with Crippen molar-refractivity contribution in [3.63, 3.8) is 0 Å². The number of aryl methyl sites for hydroxylation is 1. The van der Waals surface area contributed by atoms with Crippen molar-refractivity contribution >= 4 is 28.3 Å². The SMILES string of the molecule is Cc1csc(NC(=O)[C@H]2C[C@H]3CC[C@H]2C[C@]32NC(=O)c3ccccc3O2)n1. The van der Waals surface area contributed by atoms with E-state index in [2.05, 4.69) is 15.6 Å². The van der Waals surface area contributed by atoms with Crippen molar-refractivity contribution in [2.45, 2.75) is 38.3 Å². The van der Waals surface area contributed by atoms with Crippen LogP contribution in [-0.2, 0) is 4.79 Å². The second-order valence-corrected chi connectivity index (χ2v) is 8.66.